The largest absolute Gasteiger partial charge is 0.379 e. The van der Waals surface area contributed by atoms with Crippen LogP contribution in [-0.4, -0.2) is 47.3 Å². The maximum atomic E-state index is 12.3. The number of aromatic amines is 1. The van der Waals surface area contributed by atoms with Crippen LogP contribution in [0.15, 0.2) is 33.9 Å². The van der Waals surface area contributed by atoms with E-state index in [4.69, 9.17) is 4.74 Å². The molecular formula is C19H27ClN4O3. The molecule has 8 heteroatoms. The lowest BCUT2D eigenvalue weighted by molar-refractivity contribution is 0.0363. The molecule has 1 aromatic carbocycles. The molecule has 0 unspecified atom stereocenters. The van der Waals surface area contributed by atoms with E-state index in [0.717, 1.165) is 45.0 Å². The van der Waals surface area contributed by atoms with Crippen LogP contribution in [0, 0.1) is 6.92 Å². The Morgan fingerprint density at radius 1 is 1.15 bits per heavy atom. The fraction of sp³-hybridized carbons (Fsp3) is 0.474. The van der Waals surface area contributed by atoms with Gasteiger partial charge in [-0.15, -0.1) is 12.4 Å². The molecule has 0 spiro atoms. The minimum Gasteiger partial charge on any atom is -0.379 e. The minimum absolute atomic E-state index is 0. The zero-order valence-corrected chi connectivity index (χ0v) is 16.6. The van der Waals surface area contributed by atoms with Gasteiger partial charge in [0.25, 0.3) is 5.56 Å². The first kappa shape index (κ1) is 21.2. The molecule has 2 aromatic rings. The van der Waals surface area contributed by atoms with Crippen LogP contribution in [0.4, 0.5) is 11.5 Å². The third-order valence-electron chi connectivity index (χ3n) is 4.78. The van der Waals surface area contributed by atoms with Crippen LogP contribution in [-0.2, 0) is 17.7 Å². The average Bonchev–Trinajstić information content (AvgIpc) is 2.63. The lowest BCUT2D eigenvalue weighted by Gasteiger charge is -2.27. The van der Waals surface area contributed by atoms with Crippen molar-refractivity contribution in [1.29, 1.82) is 0 Å². The van der Waals surface area contributed by atoms with Crippen LogP contribution >= 0.6 is 12.4 Å². The molecule has 0 saturated carbocycles. The van der Waals surface area contributed by atoms with Gasteiger partial charge in [0, 0.05) is 37.9 Å². The molecular weight excluding hydrogens is 368 g/mol. The zero-order valence-electron chi connectivity index (χ0n) is 15.8. The Balaban J connectivity index is 0.00000261. The normalized spacial score (nSPS) is 14.6. The standard InChI is InChI=1S/C19H26N4O3.ClH/c1-3-15-12-16(5-4-14(15)2)20-17-13-18(24)21-19(25)23(17)7-6-22-8-10-26-11-9-22;/h4-5,12-13,20H,3,6-11H2,1-2H3,(H,21,24,25);1H. The highest BCUT2D eigenvalue weighted by molar-refractivity contribution is 5.85. The SMILES string of the molecule is CCc1cc(Nc2cc(=O)[nH]c(=O)n2CCN2CCOCC2)ccc1C.Cl. The highest BCUT2D eigenvalue weighted by Gasteiger charge is 2.13. The molecule has 0 radical (unpaired) electrons. The average molecular weight is 395 g/mol. The second kappa shape index (κ2) is 9.73. The number of nitrogens with zero attached hydrogens (tertiary/aromatic N) is 2. The molecule has 0 amide bonds. The van der Waals surface area contributed by atoms with E-state index in [1.54, 1.807) is 4.57 Å². The minimum atomic E-state index is -0.400. The highest BCUT2D eigenvalue weighted by atomic mass is 35.5. The lowest BCUT2D eigenvalue weighted by Crippen LogP contribution is -2.40. The topological polar surface area (TPSA) is 79.4 Å². The summed E-state index contributed by atoms with van der Waals surface area (Å²) in [5, 5.41) is 3.24. The Kier molecular flexibility index (Phi) is 7.65. The zero-order chi connectivity index (χ0) is 18.5. The van der Waals surface area contributed by atoms with Crippen molar-refractivity contribution >= 4 is 23.9 Å². The van der Waals surface area contributed by atoms with Gasteiger partial charge in [-0.3, -0.25) is 19.2 Å². The predicted octanol–water partition coefficient (Wildman–Crippen LogP) is 1.91. The van der Waals surface area contributed by atoms with Gasteiger partial charge in [-0.05, 0) is 36.6 Å². The number of aromatic nitrogens is 2. The Morgan fingerprint density at radius 2 is 1.89 bits per heavy atom. The number of aryl methyl sites for hydroxylation is 2. The molecule has 148 valence electrons. The Hall–Kier alpha value is -2.09. The predicted molar refractivity (Wildman–Crippen MR) is 110 cm³/mol. The smallest absolute Gasteiger partial charge is 0.329 e. The summed E-state index contributed by atoms with van der Waals surface area (Å²) in [5.74, 6) is 0.512. The fourth-order valence-electron chi connectivity index (χ4n) is 3.19. The summed E-state index contributed by atoms with van der Waals surface area (Å²) >= 11 is 0. The van der Waals surface area contributed by atoms with Crippen LogP contribution in [0.1, 0.15) is 18.1 Å². The first-order chi connectivity index (χ1) is 12.6. The van der Waals surface area contributed by atoms with E-state index in [1.807, 2.05) is 12.1 Å². The number of hydrogen-bond donors (Lipinski definition) is 2. The maximum absolute atomic E-state index is 12.3. The second-order valence-electron chi connectivity index (χ2n) is 6.55. The number of nitrogens with one attached hydrogen (secondary N) is 2. The van der Waals surface area contributed by atoms with Gasteiger partial charge in [-0.2, -0.15) is 0 Å². The van der Waals surface area contributed by atoms with Crippen molar-refractivity contribution < 1.29 is 4.74 Å². The van der Waals surface area contributed by atoms with Gasteiger partial charge >= 0.3 is 5.69 Å². The molecule has 1 aliphatic heterocycles. The fourth-order valence-corrected chi connectivity index (χ4v) is 3.19. The van der Waals surface area contributed by atoms with E-state index in [0.29, 0.717) is 12.4 Å². The van der Waals surface area contributed by atoms with Crippen LogP contribution in [0.3, 0.4) is 0 Å². The lowest BCUT2D eigenvalue weighted by atomic mass is 10.1. The van der Waals surface area contributed by atoms with Crippen LogP contribution in [0.5, 0.6) is 0 Å². The van der Waals surface area contributed by atoms with E-state index < -0.39 is 11.2 Å². The summed E-state index contributed by atoms with van der Waals surface area (Å²) in [6.45, 7) is 8.58. The molecule has 3 rings (SSSR count). The van der Waals surface area contributed by atoms with Gasteiger partial charge in [-0.1, -0.05) is 13.0 Å². The monoisotopic (exact) mass is 394 g/mol. The van der Waals surface area contributed by atoms with E-state index in [9.17, 15) is 9.59 Å². The summed E-state index contributed by atoms with van der Waals surface area (Å²) < 4.78 is 6.94. The maximum Gasteiger partial charge on any atom is 0.329 e. The van der Waals surface area contributed by atoms with Crippen molar-refractivity contribution in [2.24, 2.45) is 0 Å². The molecule has 0 bridgehead atoms. The van der Waals surface area contributed by atoms with Gasteiger partial charge in [-0.25, -0.2) is 4.79 Å². The number of anilines is 2. The molecule has 1 aliphatic rings. The van der Waals surface area contributed by atoms with Crippen LogP contribution in [0.25, 0.3) is 0 Å². The van der Waals surface area contributed by atoms with Gasteiger partial charge in [0.15, 0.2) is 0 Å². The number of hydrogen-bond acceptors (Lipinski definition) is 5. The molecule has 1 aromatic heterocycles. The summed E-state index contributed by atoms with van der Waals surface area (Å²) in [5.41, 5.74) is 2.55. The molecule has 1 fully saturated rings. The van der Waals surface area contributed by atoms with E-state index in [2.05, 4.69) is 35.1 Å². The van der Waals surface area contributed by atoms with Crippen molar-refractivity contribution in [3.8, 4) is 0 Å². The molecule has 1 saturated heterocycles. The Morgan fingerprint density at radius 3 is 2.59 bits per heavy atom. The van der Waals surface area contributed by atoms with Crippen LogP contribution in [0.2, 0.25) is 0 Å². The first-order valence-corrected chi connectivity index (χ1v) is 9.07. The van der Waals surface area contributed by atoms with Crippen LogP contribution < -0.4 is 16.6 Å². The first-order valence-electron chi connectivity index (χ1n) is 9.07. The number of benzene rings is 1. The number of halogens is 1. The molecule has 27 heavy (non-hydrogen) atoms. The number of morpholine rings is 1. The van der Waals surface area contributed by atoms with E-state index in [1.165, 1.54) is 17.2 Å². The van der Waals surface area contributed by atoms with Gasteiger partial charge in [0.05, 0.1) is 13.2 Å². The summed E-state index contributed by atoms with van der Waals surface area (Å²) in [7, 11) is 0. The number of H-pyrrole nitrogens is 1. The van der Waals surface area contributed by atoms with Crippen molar-refractivity contribution in [3.05, 3.63) is 56.2 Å². The van der Waals surface area contributed by atoms with E-state index >= 15 is 0 Å². The quantitative estimate of drug-likeness (QED) is 0.782. The van der Waals surface area contributed by atoms with Crippen molar-refractivity contribution in [2.75, 3.05) is 38.2 Å². The second-order valence-corrected chi connectivity index (χ2v) is 6.55. The van der Waals surface area contributed by atoms with Crippen molar-refractivity contribution in [2.45, 2.75) is 26.8 Å². The molecule has 7 nitrogen and oxygen atoms in total. The van der Waals surface area contributed by atoms with Gasteiger partial charge < -0.3 is 10.1 Å². The molecule has 2 heterocycles. The summed E-state index contributed by atoms with van der Waals surface area (Å²) in [4.78, 5) is 28.7. The Bertz CT molecular complexity index is 872. The summed E-state index contributed by atoms with van der Waals surface area (Å²) in [6, 6.07) is 7.51. The number of ether oxygens (including phenoxy) is 1. The van der Waals surface area contributed by atoms with Gasteiger partial charge in [0.1, 0.15) is 5.82 Å². The highest BCUT2D eigenvalue weighted by Crippen LogP contribution is 2.19. The van der Waals surface area contributed by atoms with Crippen molar-refractivity contribution in [1.82, 2.24) is 14.5 Å². The molecule has 0 aliphatic carbocycles. The number of rotatable bonds is 6. The summed E-state index contributed by atoms with van der Waals surface area (Å²) in [6.07, 6.45) is 0.931. The van der Waals surface area contributed by atoms with Gasteiger partial charge in [0.2, 0.25) is 0 Å². The molecule has 0 atom stereocenters. The van der Waals surface area contributed by atoms with Crippen molar-refractivity contribution in [3.63, 3.8) is 0 Å². The molecule has 2 N–H and O–H groups in total. The third-order valence-corrected chi connectivity index (χ3v) is 4.78. The Labute approximate surface area is 164 Å². The van der Waals surface area contributed by atoms with E-state index in [-0.39, 0.29) is 12.4 Å². The third kappa shape index (κ3) is 5.45.